The number of hydrogen-bond acceptors (Lipinski definition) is 2. The first-order chi connectivity index (χ1) is 4.72. The third-order valence-corrected chi connectivity index (χ3v) is 0.960. The molecule has 0 amide bonds. The lowest BCUT2D eigenvalue weighted by atomic mass is 10.4. The second kappa shape index (κ2) is 2.47. The average molecular weight is 144 g/mol. The van der Waals surface area contributed by atoms with Crippen LogP contribution in [0.1, 0.15) is 5.69 Å². The largest absolute Gasteiger partial charge is 0.325 e. The van der Waals surface area contributed by atoms with Gasteiger partial charge < -0.3 is 4.98 Å². The molecule has 0 unspecified atom stereocenters. The maximum absolute atomic E-state index is 11.8. The lowest BCUT2D eigenvalue weighted by Gasteiger charge is -1.88. The first kappa shape index (κ1) is 6.73. The fraction of sp³-hybridized carbons (Fsp3) is 0.200. The minimum Gasteiger partial charge on any atom is -0.309 e. The number of aromatic nitrogens is 2. The number of halogens is 1. The normalized spacial score (nSPS) is 9.70. The summed E-state index contributed by atoms with van der Waals surface area (Å²) >= 11 is 0. The molecule has 54 valence electrons. The van der Waals surface area contributed by atoms with Crippen LogP contribution in [-0.2, 0) is 6.67 Å². The van der Waals surface area contributed by atoms with Crippen LogP contribution in [0.5, 0.6) is 0 Å². The highest BCUT2D eigenvalue weighted by Crippen LogP contribution is 1.85. The van der Waals surface area contributed by atoms with E-state index in [1.54, 1.807) is 0 Å². The Morgan fingerprint density at radius 3 is 2.60 bits per heavy atom. The van der Waals surface area contributed by atoms with Crippen molar-refractivity contribution in [1.29, 1.82) is 0 Å². The summed E-state index contributed by atoms with van der Waals surface area (Å²) in [5, 5.41) is 0. The van der Waals surface area contributed by atoms with Crippen molar-refractivity contribution in [2.45, 2.75) is 6.67 Å². The smallest absolute Gasteiger partial charge is 0.309 e. The van der Waals surface area contributed by atoms with Crippen molar-refractivity contribution < 1.29 is 4.39 Å². The molecule has 4 nitrogen and oxygen atoms in total. The Hall–Kier alpha value is -1.39. The van der Waals surface area contributed by atoms with Crippen LogP contribution < -0.4 is 11.2 Å². The van der Waals surface area contributed by atoms with Crippen molar-refractivity contribution in [3.05, 3.63) is 32.6 Å². The fourth-order valence-electron chi connectivity index (χ4n) is 0.591. The van der Waals surface area contributed by atoms with Crippen LogP contribution in [0.15, 0.2) is 15.7 Å². The van der Waals surface area contributed by atoms with E-state index in [4.69, 9.17) is 0 Å². The fourth-order valence-corrected chi connectivity index (χ4v) is 0.591. The van der Waals surface area contributed by atoms with Crippen molar-refractivity contribution in [1.82, 2.24) is 9.97 Å². The molecule has 0 bridgehead atoms. The highest BCUT2D eigenvalue weighted by Gasteiger charge is 1.92. The summed E-state index contributed by atoms with van der Waals surface area (Å²) in [7, 11) is 0. The van der Waals surface area contributed by atoms with Gasteiger partial charge in [0.2, 0.25) is 0 Å². The van der Waals surface area contributed by atoms with Gasteiger partial charge in [-0.05, 0) is 0 Å². The minimum atomic E-state index is -0.834. The molecule has 0 aromatic carbocycles. The second-order valence-corrected chi connectivity index (χ2v) is 1.75. The van der Waals surface area contributed by atoms with Gasteiger partial charge in [0.05, 0.1) is 5.69 Å². The number of nitrogens with one attached hydrogen (secondary N) is 2. The van der Waals surface area contributed by atoms with Crippen molar-refractivity contribution in [3.8, 4) is 0 Å². The summed E-state index contributed by atoms with van der Waals surface area (Å²) in [6, 6.07) is 1.00. The second-order valence-electron chi connectivity index (χ2n) is 1.75. The Kier molecular flexibility index (Phi) is 1.66. The van der Waals surface area contributed by atoms with Crippen LogP contribution in [0, 0.1) is 0 Å². The highest BCUT2D eigenvalue weighted by molar-refractivity contribution is 4.95. The van der Waals surface area contributed by atoms with Crippen molar-refractivity contribution in [2.24, 2.45) is 0 Å². The van der Waals surface area contributed by atoms with E-state index in [1.165, 1.54) is 0 Å². The van der Waals surface area contributed by atoms with Gasteiger partial charge in [0, 0.05) is 6.07 Å². The molecule has 1 rings (SSSR count). The van der Waals surface area contributed by atoms with Crippen molar-refractivity contribution in [2.75, 3.05) is 0 Å². The van der Waals surface area contributed by atoms with E-state index in [0.29, 0.717) is 0 Å². The number of rotatable bonds is 1. The Bertz CT molecular complexity index is 299. The van der Waals surface area contributed by atoms with E-state index in [1.807, 2.05) is 4.98 Å². The Morgan fingerprint density at radius 2 is 2.10 bits per heavy atom. The molecule has 0 spiro atoms. The van der Waals surface area contributed by atoms with E-state index in [9.17, 15) is 14.0 Å². The van der Waals surface area contributed by atoms with Crippen molar-refractivity contribution >= 4 is 0 Å². The summed E-state index contributed by atoms with van der Waals surface area (Å²) < 4.78 is 11.8. The third kappa shape index (κ3) is 1.31. The molecule has 0 aliphatic heterocycles. The van der Waals surface area contributed by atoms with Crippen LogP contribution >= 0.6 is 0 Å². The van der Waals surface area contributed by atoms with Gasteiger partial charge in [-0.1, -0.05) is 0 Å². The molecule has 5 heteroatoms. The number of alkyl halides is 1. The monoisotopic (exact) mass is 144 g/mol. The Morgan fingerprint density at radius 1 is 1.40 bits per heavy atom. The molecule has 1 aromatic heterocycles. The zero-order valence-corrected chi connectivity index (χ0v) is 4.98. The summed E-state index contributed by atoms with van der Waals surface area (Å²) in [6.07, 6.45) is 0. The van der Waals surface area contributed by atoms with Gasteiger partial charge in [-0.25, -0.2) is 9.18 Å². The van der Waals surface area contributed by atoms with E-state index in [2.05, 4.69) is 4.98 Å². The Labute approximate surface area is 54.7 Å². The molecule has 0 radical (unpaired) electrons. The Balaban J connectivity index is 3.33. The van der Waals surface area contributed by atoms with Crippen LogP contribution in [0.25, 0.3) is 0 Å². The SMILES string of the molecule is O=c1cc(CF)[nH]c(=O)[nH]1. The molecule has 0 saturated carbocycles. The molecule has 1 heterocycles. The molecule has 0 saturated heterocycles. The van der Waals surface area contributed by atoms with Crippen LogP contribution in [0.4, 0.5) is 4.39 Å². The topological polar surface area (TPSA) is 65.7 Å². The zero-order chi connectivity index (χ0) is 7.56. The number of H-pyrrole nitrogens is 2. The maximum atomic E-state index is 11.8. The maximum Gasteiger partial charge on any atom is 0.325 e. The van der Waals surface area contributed by atoms with Gasteiger partial charge in [0.25, 0.3) is 5.56 Å². The van der Waals surface area contributed by atoms with E-state index < -0.39 is 17.9 Å². The predicted octanol–water partition coefficient (Wildman–Crippen LogP) is -0.467. The first-order valence-corrected chi connectivity index (χ1v) is 2.61. The van der Waals surface area contributed by atoms with Gasteiger partial charge in [0.1, 0.15) is 6.67 Å². The van der Waals surface area contributed by atoms with Gasteiger partial charge >= 0.3 is 5.69 Å². The predicted molar refractivity (Wildman–Crippen MR) is 32.5 cm³/mol. The molecule has 0 aliphatic carbocycles. The number of aromatic amines is 2. The molecular formula is C5H5FN2O2. The molecular weight excluding hydrogens is 139 g/mol. The van der Waals surface area contributed by atoms with E-state index >= 15 is 0 Å². The summed E-state index contributed by atoms with van der Waals surface area (Å²) in [5.74, 6) is 0. The summed E-state index contributed by atoms with van der Waals surface area (Å²) in [4.78, 5) is 24.8. The molecule has 2 N–H and O–H groups in total. The van der Waals surface area contributed by atoms with Gasteiger partial charge in [0.15, 0.2) is 0 Å². The van der Waals surface area contributed by atoms with E-state index in [0.717, 1.165) is 6.07 Å². The van der Waals surface area contributed by atoms with Crippen LogP contribution in [0.3, 0.4) is 0 Å². The van der Waals surface area contributed by atoms with Crippen LogP contribution in [-0.4, -0.2) is 9.97 Å². The quantitative estimate of drug-likeness (QED) is 0.559. The highest BCUT2D eigenvalue weighted by atomic mass is 19.1. The van der Waals surface area contributed by atoms with Gasteiger partial charge in [-0.3, -0.25) is 9.78 Å². The van der Waals surface area contributed by atoms with Crippen LogP contribution in [0.2, 0.25) is 0 Å². The third-order valence-electron chi connectivity index (χ3n) is 0.960. The van der Waals surface area contributed by atoms with Crippen molar-refractivity contribution in [3.63, 3.8) is 0 Å². The average Bonchev–Trinajstić information content (AvgIpc) is 1.85. The minimum absolute atomic E-state index is 0.00579. The van der Waals surface area contributed by atoms with Gasteiger partial charge in [-0.15, -0.1) is 0 Å². The molecule has 10 heavy (non-hydrogen) atoms. The summed E-state index contributed by atoms with van der Waals surface area (Å²) in [5.41, 5.74) is -1.27. The lowest BCUT2D eigenvalue weighted by Crippen LogP contribution is -2.22. The lowest BCUT2D eigenvalue weighted by molar-refractivity contribution is 0.473. The standard InChI is InChI=1S/C5H5FN2O2/c6-2-3-1-4(9)8-5(10)7-3/h1H,2H2,(H2,7,8,9,10). The molecule has 1 aromatic rings. The van der Waals surface area contributed by atoms with Gasteiger partial charge in [-0.2, -0.15) is 0 Å². The number of hydrogen-bond donors (Lipinski definition) is 2. The zero-order valence-electron chi connectivity index (χ0n) is 4.98. The summed E-state index contributed by atoms with van der Waals surface area (Å²) in [6.45, 7) is -0.834. The van der Waals surface area contributed by atoms with E-state index in [-0.39, 0.29) is 5.69 Å². The first-order valence-electron chi connectivity index (χ1n) is 2.61. The molecule has 0 fully saturated rings. The molecule has 0 atom stereocenters. The molecule has 0 aliphatic rings.